The van der Waals surface area contributed by atoms with Crippen LogP contribution in [0.1, 0.15) is 26.7 Å². The minimum atomic E-state index is -1.39. The molecule has 1 N–H and O–H groups in total. The van der Waals surface area contributed by atoms with Gasteiger partial charge in [0, 0.05) is 6.61 Å². The van der Waals surface area contributed by atoms with Crippen molar-refractivity contribution in [2.45, 2.75) is 37.4 Å². The molecule has 0 saturated carbocycles. The first kappa shape index (κ1) is 17.8. The molecule has 104 valence electrons. The summed E-state index contributed by atoms with van der Waals surface area (Å²) in [5.74, 6) is 0. The van der Waals surface area contributed by atoms with Gasteiger partial charge in [0.15, 0.2) is 0 Å². The number of unbranched alkanes of at least 4 members (excludes halogenated alkanes) is 1. The third-order valence-electron chi connectivity index (χ3n) is 1.57. The van der Waals surface area contributed by atoms with Crippen molar-refractivity contribution in [1.82, 2.24) is 0 Å². The topological polar surface area (TPSA) is 47.9 Å². The van der Waals surface area contributed by atoms with Crippen molar-refractivity contribution < 1.29 is 18.7 Å². The summed E-state index contributed by atoms with van der Waals surface area (Å²) >= 11 is 11.6. The van der Waals surface area contributed by atoms with Crippen LogP contribution in [0.4, 0.5) is 0 Å². The van der Waals surface area contributed by atoms with Gasteiger partial charge < -0.3 is 18.7 Å². The van der Waals surface area contributed by atoms with Crippen molar-refractivity contribution in [1.29, 1.82) is 0 Å². The predicted octanol–water partition coefficient (Wildman–Crippen LogP) is 3.29. The minimum Gasteiger partial charge on any atom is -0.396 e. The maximum atomic E-state index is 8.64. The van der Waals surface area contributed by atoms with Crippen LogP contribution in [0.5, 0.6) is 0 Å². The molecule has 0 fully saturated rings. The van der Waals surface area contributed by atoms with Gasteiger partial charge in [0.25, 0.3) is 0 Å². The van der Waals surface area contributed by atoms with E-state index in [1.165, 1.54) is 0 Å². The average molecular weight is 307 g/mol. The van der Waals surface area contributed by atoms with Gasteiger partial charge >= 0.3 is 8.60 Å². The van der Waals surface area contributed by atoms with Gasteiger partial charge in [-0.25, -0.2) is 0 Å². The second-order valence-electron chi connectivity index (χ2n) is 3.64. The number of rotatable bonds is 11. The van der Waals surface area contributed by atoms with E-state index in [1.54, 1.807) is 0 Å². The lowest BCUT2D eigenvalue weighted by Crippen LogP contribution is -2.08. The van der Waals surface area contributed by atoms with Crippen LogP contribution in [0.2, 0.25) is 0 Å². The van der Waals surface area contributed by atoms with Gasteiger partial charge in [-0.15, -0.1) is 23.2 Å². The van der Waals surface area contributed by atoms with Crippen molar-refractivity contribution in [3.8, 4) is 0 Å². The normalized spacial score (nSPS) is 16.8. The first-order valence-electron chi connectivity index (χ1n) is 5.64. The molecule has 0 aromatic carbocycles. The van der Waals surface area contributed by atoms with Crippen LogP contribution in [0.15, 0.2) is 0 Å². The van der Waals surface area contributed by atoms with E-state index in [9.17, 15) is 0 Å². The lowest BCUT2D eigenvalue weighted by atomic mass is 10.3. The van der Waals surface area contributed by atoms with Crippen LogP contribution in [-0.2, 0) is 13.6 Å². The van der Waals surface area contributed by atoms with E-state index in [0.29, 0.717) is 26.2 Å². The summed E-state index contributed by atoms with van der Waals surface area (Å²) in [6.07, 6.45) is 1.48. The largest absolute Gasteiger partial charge is 0.396 e. The molecule has 0 aromatic rings. The number of aliphatic hydroxyl groups excluding tert-OH is 1. The summed E-state index contributed by atoms with van der Waals surface area (Å²) in [4.78, 5) is 0. The van der Waals surface area contributed by atoms with Gasteiger partial charge in [-0.2, -0.15) is 0 Å². The number of hydrogen-bond acceptors (Lipinski definition) is 4. The van der Waals surface area contributed by atoms with Crippen molar-refractivity contribution in [2.24, 2.45) is 0 Å². The molecule has 0 amide bonds. The summed E-state index contributed by atoms with van der Waals surface area (Å²) < 4.78 is 16.2. The van der Waals surface area contributed by atoms with E-state index >= 15 is 0 Å². The van der Waals surface area contributed by atoms with Gasteiger partial charge in [0.05, 0.1) is 30.6 Å². The third kappa shape index (κ3) is 13.1. The highest BCUT2D eigenvalue weighted by Crippen LogP contribution is 2.40. The second kappa shape index (κ2) is 11.9. The Hall–Kier alpha value is 0.850. The van der Waals surface area contributed by atoms with Crippen molar-refractivity contribution in [3.63, 3.8) is 0 Å². The average Bonchev–Trinajstić information content (AvgIpc) is 2.26. The molecule has 0 aromatic heterocycles. The van der Waals surface area contributed by atoms with Crippen molar-refractivity contribution in [3.05, 3.63) is 0 Å². The SMILES string of the molecule is CC(Cl)COP(OCCCCO)OCC(C)Cl. The molecular weight excluding hydrogens is 286 g/mol. The molecule has 2 unspecified atom stereocenters. The summed E-state index contributed by atoms with van der Waals surface area (Å²) in [5.41, 5.74) is 0. The summed E-state index contributed by atoms with van der Waals surface area (Å²) in [6.45, 7) is 5.10. The number of alkyl halides is 2. The second-order valence-corrected chi connectivity index (χ2v) is 6.35. The van der Waals surface area contributed by atoms with E-state index in [-0.39, 0.29) is 17.4 Å². The van der Waals surface area contributed by atoms with Crippen LogP contribution in [0, 0.1) is 0 Å². The van der Waals surface area contributed by atoms with E-state index in [2.05, 4.69) is 0 Å². The minimum absolute atomic E-state index is 0.0851. The molecule has 0 rings (SSSR count). The Bertz CT molecular complexity index is 160. The molecule has 4 nitrogen and oxygen atoms in total. The standard InChI is InChI=1S/C10H21Cl2O4P/c1-9(11)7-15-17(16-8-10(2)12)14-6-4-3-5-13/h9-10,13H,3-8H2,1-2H3. The Morgan fingerprint density at radius 1 is 1.00 bits per heavy atom. The molecular formula is C10H21Cl2O4P. The molecule has 0 heterocycles. The zero-order valence-electron chi connectivity index (χ0n) is 10.3. The van der Waals surface area contributed by atoms with E-state index in [4.69, 9.17) is 41.9 Å². The summed E-state index contributed by atoms with van der Waals surface area (Å²) in [7, 11) is -1.39. The van der Waals surface area contributed by atoms with Gasteiger partial charge in [-0.1, -0.05) is 0 Å². The molecule has 2 atom stereocenters. The Balaban J connectivity index is 3.75. The monoisotopic (exact) mass is 306 g/mol. The van der Waals surface area contributed by atoms with Crippen molar-refractivity contribution >= 4 is 31.8 Å². The summed E-state index contributed by atoms with van der Waals surface area (Å²) in [6, 6.07) is 0. The Labute approximate surface area is 115 Å². The molecule has 0 spiro atoms. The lowest BCUT2D eigenvalue weighted by Gasteiger charge is -2.17. The predicted molar refractivity (Wildman–Crippen MR) is 71.7 cm³/mol. The van der Waals surface area contributed by atoms with Crippen LogP contribution in [0.3, 0.4) is 0 Å². The highest BCUT2D eigenvalue weighted by Gasteiger charge is 2.15. The quantitative estimate of drug-likeness (QED) is 0.361. The summed E-state index contributed by atoms with van der Waals surface area (Å²) in [5, 5.41) is 8.47. The Morgan fingerprint density at radius 2 is 1.53 bits per heavy atom. The van der Waals surface area contributed by atoms with Crippen LogP contribution in [-0.4, -0.2) is 42.3 Å². The fourth-order valence-corrected chi connectivity index (χ4v) is 2.29. The van der Waals surface area contributed by atoms with E-state index in [1.807, 2.05) is 13.8 Å². The first-order chi connectivity index (χ1) is 8.06. The third-order valence-corrected chi connectivity index (χ3v) is 2.93. The Kier molecular flexibility index (Phi) is 12.5. The molecule has 0 bridgehead atoms. The number of hydrogen-bond donors (Lipinski definition) is 1. The van der Waals surface area contributed by atoms with Crippen LogP contribution >= 0.6 is 31.8 Å². The highest BCUT2D eigenvalue weighted by molar-refractivity contribution is 7.41. The number of halogens is 2. The molecule has 17 heavy (non-hydrogen) atoms. The molecule has 0 saturated heterocycles. The van der Waals surface area contributed by atoms with E-state index < -0.39 is 8.60 Å². The van der Waals surface area contributed by atoms with Crippen LogP contribution < -0.4 is 0 Å². The fraction of sp³-hybridized carbons (Fsp3) is 1.00. The molecule has 0 aliphatic heterocycles. The zero-order valence-corrected chi connectivity index (χ0v) is 12.7. The van der Waals surface area contributed by atoms with Gasteiger partial charge in [-0.05, 0) is 26.7 Å². The molecule has 0 radical (unpaired) electrons. The Morgan fingerprint density at radius 3 is 1.94 bits per heavy atom. The molecule has 7 heteroatoms. The van der Waals surface area contributed by atoms with Gasteiger partial charge in [0.1, 0.15) is 0 Å². The fourth-order valence-electron chi connectivity index (χ4n) is 0.792. The lowest BCUT2D eigenvalue weighted by molar-refractivity contribution is 0.156. The molecule has 0 aliphatic carbocycles. The first-order valence-corrected chi connectivity index (χ1v) is 7.61. The van der Waals surface area contributed by atoms with Crippen LogP contribution in [0.25, 0.3) is 0 Å². The van der Waals surface area contributed by atoms with Crippen molar-refractivity contribution in [2.75, 3.05) is 26.4 Å². The highest BCUT2D eigenvalue weighted by atomic mass is 35.5. The van der Waals surface area contributed by atoms with Gasteiger partial charge in [0.2, 0.25) is 0 Å². The zero-order chi connectivity index (χ0) is 13.1. The molecule has 0 aliphatic rings. The van der Waals surface area contributed by atoms with E-state index in [0.717, 1.165) is 6.42 Å². The maximum Gasteiger partial charge on any atom is 0.332 e. The maximum absolute atomic E-state index is 8.64. The smallest absolute Gasteiger partial charge is 0.332 e. The number of aliphatic hydroxyl groups is 1. The van der Waals surface area contributed by atoms with Gasteiger partial charge in [-0.3, -0.25) is 0 Å².